The van der Waals surface area contributed by atoms with Gasteiger partial charge < -0.3 is 9.29 Å². The van der Waals surface area contributed by atoms with E-state index < -0.39 is 22.4 Å². The standard InChI is InChI=1S/C11H8F3NO4S2.Na/c12-11(13,14)19-8-3-1-7(2-4-8)9-5-6-20-10(9)15-21(16,17)18;/h1-6,15H,(H,16,17,18);/q;+1/p-1. The summed E-state index contributed by atoms with van der Waals surface area (Å²) in [5.41, 5.74) is 0.829. The maximum atomic E-state index is 12.0. The van der Waals surface area contributed by atoms with Gasteiger partial charge in [0.1, 0.15) is 10.8 Å². The van der Waals surface area contributed by atoms with Crippen molar-refractivity contribution in [2.24, 2.45) is 0 Å². The zero-order valence-corrected chi connectivity index (χ0v) is 14.7. The van der Waals surface area contributed by atoms with Crippen LogP contribution >= 0.6 is 11.3 Å². The minimum atomic E-state index is -4.78. The molecule has 0 bridgehead atoms. The summed E-state index contributed by atoms with van der Waals surface area (Å²) >= 11 is 0.984. The molecule has 1 aromatic carbocycles. The summed E-state index contributed by atoms with van der Waals surface area (Å²) in [4.78, 5) is 0. The predicted octanol–water partition coefficient (Wildman–Crippen LogP) is 0.190. The Hall–Kier alpha value is -0.780. The zero-order valence-electron chi connectivity index (χ0n) is 11.0. The van der Waals surface area contributed by atoms with Crippen molar-refractivity contribution in [2.45, 2.75) is 6.36 Å². The van der Waals surface area contributed by atoms with Crippen LogP contribution in [0.2, 0.25) is 0 Å². The van der Waals surface area contributed by atoms with Gasteiger partial charge in [0.15, 0.2) is 10.3 Å². The number of halogens is 3. The van der Waals surface area contributed by atoms with Crippen molar-refractivity contribution in [3.05, 3.63) is 35.7 Å². The number of hydrogen-bond donors (Lipinski definition) is 1. The van der Waals surface area contributed by atoms with E-state index in [0.29, 0.717) is 11.1 Å². The van der Waals surface area contributed by atoms with Crippen molar-refractivity contribution in [1.82, 2.24) is 0 Å². The Morgan fingerprint density at radius 3 is 2.23 bits per heavy atom. The Bertz CT molecular complexity index is 729. The third-order valence-electron chi connectivity index (χ3n) is 2.28. The number of thiophene rings is 1. The van der Waals surface area contributed by atoms with Crippen molar-refractivity contribution in [3.8, 4) is 16.9 Å². The van der Waals surface area contributed by atoms with Crippen LogP contribution in [0.5, 0.6) is 5.75 Å². The number of anilines is 1. The van der Waals surface area contributed by atoms with E-state index in [0.717, 1.165) is 23.5 Å². The first kappa shape index (κ1) is 19.3. The van der Waals surface area contributed by atoms with Gasteiger partial charge in [-0.15, -0.1) is 24.5 Å². The molecular weight excluding hydrogens is 354 g/mol. The first-order valence-electron chi connectivity index (χ1n) is 5.31. The molecule has 1 heterocycles. The van der Waals surface area contributed by atoms with Crippen molar-refractivity contribution < 1.29 is 60.4 Å². The molecule has 5 nitrogen and oxygen atoms in total. The van der Waals surface area contributed by atoms with E-state index in [-0.39, 0.29) is 34.6 Å². The quantitative estimate of drug-likeness (QED) is 0.623. The van der Waals surface area contributed by atoms with Crippen LogP contribution in [0.15, 0.2) is 35.7 Å². The van der Waals surface area contributed by atoms with Crippen LogP contribution in [0, 0.1) is 0 Å². The molecule has 114 valence electrons. The number of rotatable bonds is 4. The van der Waals surface area contributed by atoms with Gasteiger partial charge in [0, 0.05) is 5.56 Å². The zero-order chi connectivity index (χ0) is 15.7. The first-order valence-corrected chi connectivity index (χ1v) is 7.60. The van der Waals surface area contributed by atoms with Gasteiger partial charge in [-0.2, -0.15) is 0 Å². The SMILES string of the molecule is O=S(=O)([O-])Nc1sccc1-c1ccc(OC(F)(F)F)cc1.[Na+]. The maximum absolute atomic E-state index is 12.0. The molecule has 0 aliphatic heterocycles. The Labute approximate surface area is 150 Å². The molecule has 0 saturated heterocycles. The minimum absolute atomic E-state index is 0. The smallest absolute Gasteiger partial charge is 0.731 e. The number of benzene rings is 1. The summed E-state index contributed by atoms with van der Waals surface area (Å²) in [7, 11) is -4.67. The normalized spacial score (nSPS) is 11.6. The topological polar surface area (TPSA) is 78.5 Å². The number of alkyl halides is 3. The fraction of sp³-hybridized carbons (Fsp3) is 0.0909. The number of hydrogen-bond acceptors (Lipinski definition) is 5. The molecule has 11 heteroatoms. The van der Waals surface area contributed by atoms with Crippen LogP contribution in [0.4, 0.5) is 18.2 Å². The van der Waals surface area contributed by atoms with Crippen LogP contribution < -0.4 is 39.0 Å². The van der Waals surface area contributed by atoms with E-state index in [1.807, 2.05) is 0 Å². The van der Waals surface area contributed by atoms with Crippen LogP contribution in [0.3, 0.4) is 0 Å². The van der Waals surface area contributed by atoms with Crippen molar-refractivity contribution in [1.29, 1.82) is 0 Å². The maximum Gasteiger partial charge on any atom is 1.00 e. The Kier molecular flexibility index (Phi) is 6.30. The minimum Gasteiger partial charge on any atom is -0.731 e. The predicted molar refractivity (Wildman–Crippen MR) is 69.8 cm³/mol. The molecule has 1 N–H and O–H groups in total. The van der Waals surface area contributed by atoms with Gasteiger partial charge in [-0.25, -0.2) is 8.42 Å². The molecule has 0 fully saturated rings. The molecule has 0 spiro atoms. The average Bonchev–Trinajstić information content (AvgIpc) is 2.73. The van der Waals surface area contributed by atoms with Crippen LogP contribution in [0.25, 0.3) is 11.1 Å². The van der Waals surface area contributed by atoms with Crippen molar-refractivity contribution >= 4 is 26.6 Å². The van der Waals surface area contributed by atoms with Crippen molar-refractivity contribution in [2.75, 3.05) is 4.72 Å². The van der Waals surface area contributed by atoms with E-state index in [4.69, 9.17) is 0 Å². The summed E-state index contributed by atoms with van der Waals surface area (Å²) < 4.78 is 73.7. The van der Waals surface area contributed by atoms with Gasteiger partial charge in [0.05, 0.1) is 0 Å². The van der Waals surface area contributed by atoms with Gasteiger partial charge in [0.25, 0.3) is 0 Å². The van der Waals surface area contributed by atoms with Gasteiger partial charge in [-0.05, 0) is 29.1 Å². The molecule has 0 atom stereocenters. The van der Waals surface area contributed by atoms with Gasteiger partial charge in [0.2, 0.25) is 0 Å². The summed E-state index contributed by atoms with van der Waals surface area (Å²) in [5.74, 6) is -0.396. The Balaban J connectivity index is 0.00000242. The summed E-state index contributed by atoms with van der Waals surface area (Å²) in [6, 6.07) is 6.38. The van der Waals surface area contributed by atoms with Gasteiger partial charge in [-0.3, -0.25) is 4.72 Å². The largest absolute Gasteiger partial charge is 1.00 e. The molecule has 22 heavy (non-hydrogen) atoms. The summed E-state index contributed by atoms with van der Waals surface area (Å²) in [5, 5.41) is 1.64. The monoisotopic (exact) mass is 361 g/mol. The number of ether oxygens (including phenoxy) is 1. The van der Waals surface area contributed by atoms with Gasteiger partial charge in [-0.1, -0.05) is 12.1 Å². The molecule has 0 saturated carbocycles. The second kappa shape index (κ2) is 7.20. The Morgan fingerprint density at radius 1 is 1.14 bits per heavy atom. The van der Waals surface area contributed by atoms with Crippen LogP contribution in [0.1, 0.15) is 0 Å². The molecule has 1 aromatic heterocycles. The molecule has 2 rings (SSSR count). The molecule has 0 aliphatic carbocycles. The van der Waals surface area contributed by atoms with E-state index >= 15 is 0 Å². The fourth-order valence-electron chi connectivity index (χ4n) is 1.57. The summed E-state index contributed by atoms with van der Waals surface area (Å²) in [6.45, 7) is 0. The summed E-state index contributed by atoms with van der Waals surface area (Å²) in [6.07, 6.45) is -4.78. The number of nitrogens with one attached hydrogen (secondary N) is 1. The third kappa shape index (κ3) is 5.78. The van der Waals surface area contributed by atoms with E-state index in [2.05, 4.69) is 4.74 Å². The molecule has 0 amide bonds. The fourth-order valence-corrected chi connectivity index (χ4v) is 3.05. The van der Waals surface area contributed by atoms with E-state index in [9.17, 15) is 26.1 Å². The second-order valence-corrected chi connectivity index (χ2v) is 5.82. The van der Waals surface area contributed by atoms with Crippen LogP contribution in [-0.2, 0) is 10.3 Å². The Morgan fingerprint density at radius 2 is 1.73 bits per heavy atom. The van der Waals surface area contributed by atoms with E-state index in [1.54, 1.807) is 10.1 Å². The van der Waals surface area contributed by atoms with Gasteiger partial charge >= 0.3 is 35.9 Å². The second-order valence-electron chi connectivity index (χ2n) is 3.79. The van der Waals surface area contributed by atoms with Crippen LogP contribution in [-0.4, -0.2) is 19.3 Å². The molecular formula is C11H7F3NNaO4S2. The first-order chi connectivity index (χ1) is 9.64. The average molecular weight is 361 g/mol. The van der Waals surface area contributed by atoms with Crippen molar-refractivity contribution in [3.63, 3.8) is 0 Å². The van der Waals surface area contributed by atoms with E-state index in [1.165, 1.54) is 18.2 Å². The third-order valence-corrected chi connectivity index (χ3v) is 3.69. The molecule has 0 aliphatic rings. The molecule has 0 radical (unpaired) electrons. The molecule has 0 unspecified atom stereocenters. The molecule has 2 aromatic rings.